The van der Waals surface area contributed by atoms with Crippen LogP contribution in [0.3, 0.4) is 0 Å². The van der Waals surface area contributed by atoms with Crippen molar-refractivity contribution < 1.29 is 9.59 Å². The number of nitrogens with one attached hydrogen (secondary N) is 4. The largest absolute Gasteiger partial charge is 0.352 e. The van der Waals surface area contributed by atoms with Crippen LogP contribution in [0.5, 0.6) is 0 Å². The second kappa shape index (κ2) is 10.1. The van der Waals surface area contributed by atoms with Crippen molar-refractivity contribution in [1.29, 1.82) is 0 Å². The van der Waals surface area contributed by atoms with Gasteiger partial charge < -0.3 is 21.3 Å². The topological polar surface area (TPSA) is 108 Å². The molecule has 0 fully saturated rings. The molecule has 0 saturated heterocycles. The van der Waals surface area contributed by atoms with Gasteiger partial charge in [-0.3, -0.25) is 4.79 Å². The van der Waals surface area contributed by atoms with E-state index in [-0.39, 0.29) is 11.9 Å². The Morgan fingerprint density at radius 1 is 0.880 bits per heavy atom. The molecule has 1 heterocycles. The van der Waals surface area contributed by atoms with Crippen LogP contribution < -0.4 is 21.3 Å². The van der Waals surface area contributed by atoms with Crippen molar-refractivity contribution >= 4 is 29.5 Å². The standard InChI is InChI=1S/C16H19ClN6O2/c17-13-5-2-1-4-12(13)14(24)18-8-10-22-16(25)23-11-9-21-15-19-6-3-7-20-15/h1-7H,8-11H2,(H,18,24)(H,19,20,21)(H2,22,23,25). The Kier molecular flexibility index (Phi) is 7.45. The van der Waals surface area contributed by atoms with Crippen LogP contribution in [0.4, 0.5) is 10.7 Å². The van der Waals surface area contributed by atoms with Crippen LogP contribution in [-0.4, -0.2) is 48.1 Å². The Morgan fingerprint density at radius 2 is 1.52 bits per heavy atom. The molecule has 25 heavy (non-hydrogen) atoms. The van der Waals surface area contributed by atoms with Crippen LogP contribution in [0.25, 0.3) is 0 Å². The number of aromatic nitrogens is 2. The summed E-state index contributed by atoms with van der Waals surface area (Å²) in [5.74, 6) is 0.229. The summed E-state index contributed by atoms with van der Waals surface area (Å²) >= 11 is 5.94. The highest BCUT2D eigenvalue weighted by molar-refractivity contribution is 6.33. The van der Waals surface area contributed by atoms with Gasteiger partial charge in [0.25, 0.3) is 5.91 Å². The van der Waals surface area contributed by atoms with Crippen molar-refractivity contribution in [2.24, 2.45) is 0 Å². The van der Waals surface area contributed by atoms with Gasteiger partial charge in [-0.05, 0) is 18.2 Å². The van der Waals surface area contributed by atoms with Gasteiger partial charge in [0.15, 0.2) is 0 Å². The average molecular weight is 363 g/mol. The summed E-state index contributed by atoms with van der Waals surface area (Å²) in [6.07, 6.45) is 3.26. The van der Waals surface area contributed by atoms with Gasteiger partial charge in [0.05, 0.1) is 10.6 Å². The van der Waals surface area contributed by atoms with Gasteiger partial charge in [-0.2, -0.15) is 0 Å². The maximum absolute atomic E-state index is 11.9. The van der Waals surface area contributed by atoms with E-state index in [4.69, 9.17) is 11.6 Å². The highest BCUT2D eigenvalue weighted by atomic mass is 35.5. The molecule has 0 aliphatic heterocycles. The quantitative estimate of drug-likeness (QED) is 0.529. The molecule has 9 heteroatoms. The Labute approximate surface area is 150 Å². The number of hydrogen-bond acceptors (Lipinski definition) is 5. The number of halogens is 1. The number of urea groups is 1. The van der Waals surface area contributed by atoms with E-state index >= 15 is 0 Å². The highest BCUT2D eigenvalue weighted by Crippen LogP contribution is 2.14. The molecule has 2 rings (SSSR count). The number of carbonyl (C=O) groups excluding carboxylic acids is 2. The number of hydrogen-bond donors (Lipinski definition) is 4. The van der Waals surface area contributed by atoms with Crippen LogP contribution in [0.2, 0.25) is 5.02 Å². The van der Waals surface area contributed by atoms with Crippen LogP contribution in [-0.2, 0) is 0 Å². The first-order valence-electron chi connectivity index (χ1n) is 7.72. The first kappa shape index (κ1) is 18.5. The van der Waals surface area contributed by atoms with E-state index in [2.05, 4.69) is 31.2 Å². The molecule has 0 bridgehead atoms. The van der Waals surface area contributed by atoms with Crippen molar-refractivity contribution in [3.63, 3.8) is 0 Å². The fourth-order valence-electron chi connectivity index (χ4n) is 1.90. The molecule has 0 spiro atoms. The van der Waals surface area contributed by atoms with Crippen LogP contribution in [0, 0.1) is 0 Å². The lowest BCUT2D eigenvalue weighted by molar-refractivity contribution is 0.0954. The third kappa shape index (κ3) is 6.64. The van der Waals surface area contributed by atoms with Gasteiger partial charge in [-0.25, -0.2) is 14.8 Å². The molecular weight excluding hydrogens is 344 g/mol. The van der Waals surface area contributed by atoms with Gasteiger partial charge >= 0.3 is 6.03 Å². The number of carbonyl (C=O) groups is 2. The average Bonchev–Trinajstić information content (AvgIpc) is 2.63. The third-order valence-corrected chi connectivity index (χ3v) is 3.40. The number of nitrogens with zero attached hydrogens (tertiary/aromatic N) is 2. The molecule has 0 unspecified atom stereocenters. The Balaban J connectivity index is 1.55. The normalized spacial score (nSPS) is 9.96. The molecule has 1 aromatic heterocycles. The zero-order valence-electron chi connectivity index (χ0n) is 13.5. The van der Waals surface area contributed by atoms with Crippen LogP contribution >= 0.6 is 11.6 Å². The molecular formula is C16H19ClN6O2. The Morgan fingerprint density at radius 3 is 2.24 bits per heavy atom. The lowest BCUT2D eigenvalue weighted by Crippen LogP contribution is -2.41. The van der Waals surface area contributed by atoms with E-state index in [0.29, 0.717) is 42.7 Å². The first-order chi connectivity index (χ1) is 12.2. The molecule has 1 aromatic carbocycles. The van der Waals surface area contributed by atoms with E-state index in [1.54, 1.807) is 42.7 Å². The Hall–Kier alpha value is -2.87. The van der Waals surface area contributed by atoms with Gasteiger partial charge in [0, 0.05) is 38.6 Å². The summed E-state index contributed by atoms with van der Waals surface area (Å²) in [4.78, 5) is 31.5. The second-order valence-electron chi connectivity index (χ2n) is 4.92. The molecule has 3 amide bonds. The number of amides is 3. The monoisotopic (exact) mass is 362 g/mol. The number of anilines is 1. The second-order valence-corrected chi connectivity index (χ2v) is 5.32. The van der Waals surface area contributed by atoms with Crippen molar-refractivity contribution in [3.05, 3.63) is 53.3 Å². The van der Waals surface area contributed by atoms with E-state index in [9.17, 15) is 9.59 Å². The Bertz CT molecular complexity index is 698. The van der Waals surface area contributed by atoms with Crippen molar-refractivity contribution in [2.45, 2.75) is 0 Å². The highest BCUT2D eigenvalue weighted by Gasteiger charge is 2.08. The van der Waals surface area contributed by atoms with Gasteiger partial charge in [-0.1, -0.05) is 23.7 Å². The molecule has 0 aliphatic carbocycles. The molecule has 2 aromatic rings. The molecule has 8 nitrogen and oxygen atoms in total. The van der Waals surface area contributed by atoms with Crippen molar-refractivity contribution in [1.82, 2.24) is 25.9 Å². The van der Waals surface area contributed by atoms with E-state index < -0.39 is 0 Å². The minimum Gasteiger partial charge on any atom is -0.352 e. The predicted octanol–water partition coefficient (Wildman–Crippen LogP) is 1.27. The van der Waals surface area contributed by atoms with E-state index in [0.717, 1.165) is 0 Å². The minimum atomic E-state index is -0.317. The van der Waals surface area contributed by atoms with Gasteiger partial charge in [0.2, 0.25) is 5.95 Å². The maximum atomic E-state index is 11.9. The lowest BCUT2D eigenvalue weighted by atomic mass is 10.2. The third-order valence-electron chi connectivity index (χ3n) is 3.07. The zero-order chi connectivity index (χ0) is 17.9. The maximum Gasteiger partial charge on any atom is 0.314 e. The summed E-state index contributed by atoms with van der Waals surface area (Å²) < 4.78 is 0. The van der Waals surface area contributed by atoms with Crippen molar-refractivity contribution in [3.8, 4) is 0 Å². The van der Waals surface area contributed by atoms with Crippen LogP contribution in [0.1, 0.15) is 10.4 Å². The lowest BCUT2D eigenvalue weighted by Gasteiger charge is -2.09. The molecule has 4 N–H and O–H groups in total. The molecule has 0 radical (unpaired) electrons. The van der Waals surface area contributed by atoms with E-state index in [1.807, 2.05) is 0 Å². The summed E-state index contributed by atoms with van der Waals surface area (Å²) in [6, 6.07) is 8.19. The first-order valence-corrected chi connectivity index (χ1v) is 8.10. The van der Waals surface area contributed by atoms with Crippen molar-refractivity contribution in [2.75, 3.05) is 31.5 Å². The summed E-state index contributed by atoms with van der Waals surface area (Å²) in [7, 11) is 0. The smallest absolute Gasteiger partial charge is 0.314 e. The molecule has 0 atom stereocenters. The molecule has 0 saturated carbocycles. The summed E-state index contributed by atoms with van der Waals surface area (Å²) in [6.45, 7) is 1.52. The number of benzene rings is 1. The van der Waals surface area contributed by atoms with Crippen LogP contribution in [0.15, 0.2) is 42.7 Å². The predicted molar refractivity (Wildman–Crippen MR) is 95.7 cm³/mol. The fraction of sp³-hybridized carbons (Fsp3) is 0.250. The fourth-order valence-corrected chi connectivity index (χ4v) is 2.12. The SMILES string of the molecule is O=C(NCCNC(=O)c1ccccc1Cl)NCCNc1ncccn1. The van der Waals surface area contributed by atoms with Gasteiger partial charge in [-0.15, -0.1) is 0 Å². The van der Waals surface area contributed by atoms with Gasteiger partial charge in [0.1, 0.15) is 0 Å². The summed E-state index contributed by atoms with van der Waals surface area (Å²) in [5, 5.41) is 11.4. The van der Waals surface area contributed by atoms with E-state index in [1.165, 1.54) is 0 Å². The molecule has 0 aliphatic rings. The zero-order valence-corrected chi connectivity index (χ0v) is 14.2. The summed E-state index contributed by atoms with van der Waals surface area (Å²) in [5.41, 5.74) is 0.405. The number of rotatable bonds is 8. The minimum absolute atomic E-state index is 0.278. The molecule has 132 valence electrons.